The van der Waals surface area contributed by atoms with E-state index >= 15 is 0 Å². The maximum Gasteiger partial charge on any atom is 0.346 e. The van der Waals surface area contributed by atoms with E-state index in [2.05, 4.69) is 0 Å². The molecule has 0 unspecified atom stereocenters. The van der Waals surface area contributed by atoms with E-state index in [4.69, 9.17) is 27.9 Å². The summed E-state index contributed by atoms with van der Waals surface area (Å²) >= 11 is 12.0. The molecule has 0 N–H and O–H groups in total. The minimum absolute atomic E-state index is 0.287. The number of cyclic esters (lactones) is 2. The Morgan fingerprint density at radius 1 is 0.905 bits per heavy atom. The van der Waals surface area contributed by atoms with Crippen molar-refractivity contribution in [2.45, 2.75) is 0 Å². The fraction of sp³-hybridized carbons (Fsp3) is 0. The highest BCUT2D eigenvalue weighted by Crippen LogP contribution is 2.31. The molecule has 0 aromatic heterocycles. The maximum atomic E-state index is 12.0. The molecule has 3 nitrogen and oxygen atoms in total. The third kappa shape index (κ3) is 2.58. The Balaban J connectivity index is 2.17. The van der Waals surface area contributed by atoms with Gasteiger partial charge in [0, 0.05) is 15.6 Å². The molecule has 1 aliphatic heterocycles. The third-order valence-electron chi connectivity index (χ3n) is 3.10. The lowest BCUT2D eigenvalue weighted by molar-refractivity contribution is -0.131. The molecule has 2 aromatic carbocycles. The fourth-order valence-electron chi connectivity index (χ4n) is 2.11. The van der Waals surface area contributed by atoms with Gasteiger partial charge in [-0.25, -0.2) is 9.59 Å². The molecule has 3 rings (SSSR count). The Bertz CT molecular complexity index is 794. The van der Waals surface area contributed by atoms with Crippen molar-refractivity contribution < 1.29 is 14.3 Å². The van der Waals surface area contributed by atoms with Gasteiger partial charge >= 0.3 is 11.9 Å². The zero-order valence-corrected chi connectivity index (χ0v) is 12.1. The lowest BCUT2D eigenvalue weighted by Crippen LogP contribution is -2.21. The van der Waals surface area contributed by atoms with E-state index in [1.165, 1.54) is 0 Å². The molecule has 0 amide bonds. The lowest BCUT2D eigenvalue weighted by Gasteiger charge is -2.16. The highest BCUT2D eigenvalue weighted by Gasteiger charge is 2.29. The third-order valence-corrected chi connectivity index (χ3v) is 3.67. The summed E-state index contributed by atoms with van der Waals surface area (Å²) in [4.78, 5) is 23.7. The molecule has 5 heteroatoms. The van der Waals surface area contributed by atoms with Crippen molar-refractivity contribution in [3.05, 3.63) is 69.2 Å². The quantitative estimate of drug-likeness (QED) is 0.449. The first kappa shape index (κ1) is 13.9. The molecule has 104 valence electrons. The van der Waals surface area contributed by atoms with Crippen LogP contribution in [-0.2, 0) is 9.53 Å². The summed E-state index contributed by atoms with van der Waals surface area (Å²) < 4.78 is 4.75. The molecule has 2 aromatic rings. The Morgan fingerprint density at radius 3 is 2.33 bits per heavy atom. The molecule has 0 radical (unpaired) electrons. The molecule has 0 bridgehead atoms. The average Bonchev–Trinajstić information content (AvgIpc) is 2.45. The van der Waals surface area contributed by atoms with Crippen LogP contribution in [0, 0.1) is 0 Å². The number of carbonyl (C=O) groups excluding carboxylic acids is 2. The molecule has 21 heavy (non-hydrogen) atoms. The summed E-state index contributed by atoms with van der Waals surface area (Å²) in [6.07, 6.45) is 1.59. The predicted molar refractivity (Wildman–Crippen MR) is 81.2 cm³/mol. The second-order valence-electron chi connectivity index (χ2n) is 4.45. The van der Waals surface area contributed by atoms with Crippen LogP contribution in [0.4, 0.5) is 0 Å². The monoisotopic (exact) mass is 318 g/mol. The Kier molecular flexibility index (Phi) is 3.53. The molecule has 0 saturated heterocycles. The minimum Gasteiger partial charge on any atom is -0.386 e. The van der Waals surface area contributed by atoms with Crippen molar-refractivity contribution in [2.24, 2.45) is 0 Å². The van der Waals surface area contributed by atoms with Crippen LogP contribution in [0.2, 0.25) is 10.0 Å². The summed E-state index contributed by atoms with van der Waals surface area (Å²) in [5.74, 6) is -1.33. The van der Waals surface area contributed by atoms with Gasteiger partial charge in [0.2, 0.25) is 0 Å². The van der Waals surface area contributed by atoms with Crippen LogP contribution >= 0.6 is 23.2 Å². The molecular weight excluding hydrogens is 311 g/mol. The standard InChI is InChI=1S/C16H8Cl2O3/c17-10-6-5-9(14(18)8-10)7-13-11-3-1-2-4-12(11)15(19)21-16(13)20/h1-8H/b13-7-. The van der Waals surface area contributed by atoms with Gasteiger partial charge in [0.25, 0.3) is 0 Å². The number of fused-ring (bicyclic) bond motifs is 1. The van der Waals surface area contributed by atoms with E-state index < -0.39 is 11.9 Å². The van der Waals surface area contributed by atoms with Gasteiger partial charge in [-0.3, -0.25) is 0 Å². The van der Waals surface area contributed by atoms with Gasteiger partial charge in [-0.1, -0.05) is 47.5 Å². The number of benzene rings is 2. The van der Waals surface area contributed by atoms with Crippen molar-refractivity contribution in [2.75, 3.05) is 0 Å². The molecule has 1 aliphatic rings. The zero-order valence-electron chi connectivity index (χ0n) is 10.6. The van der Waals surface area contributed by atoms with Gasteiger partial charge in [0.15, 0.2) is 0 Å². The van der Waals surface area contributed by atoms with Gasteiger partial charge in [-0.15, -0.1) is 0 Å². The predicted octanol–water partition coefficient (Wildman–Crippen LogP) is 4.23. The summed E-state index contributed by atoms with van der Waals surface area (Å²) in [6.45, 7) is 0. The maximum absolute atomic E-state index is 12.0. The van der Waals surface area contributed by atoms with E-state index in [1.54, 1.807) is 48.5 Å². The van der Waals surface area contributed by atoms with Crippen molar-refractivity contribution in [1.29, 1.82) is 0 Å². The summed E-state index contributed by atoms with van der Waals surface area (Å²) in [6, 6.07) is 11.7. The van der Waals surface area contributed by atoms with Crippen LogP contribution in [0.3, 0.4) is 0 Å². The Morgan fingerprint density at radius 2 is 1.62 bits per heavy atom. The Labute approximate surface area is 130 Å². The van der Waals surface area contributed by atoms with Crippen molar-refractivity contribution in [1.82, 2.24) is 0 Å². The largest absolute Gasteiger partial charge is 0.386 e. The van der Waals surface area contributed by atoms with Gasteiger partial charge in [0.05, 0.1) is 11.1 Å². The smallest absolute Gasteiger partial charge is 0.346 e. The number of carbonyl (C=O) groups is 2. The first-order valence-corrected chi connectivity index (χ1v) is 6.84. The fourth-order valence-corrected chi connectivity index (χ4v) is 2.57. The molecule has 0 spiro atoms. The van der Waals surface area contributed by atoms with Crippen LogP contribution in [0.15, 0.2) is 42.5 Å². The van der Waals surface area contributed by atoms with Gasteiger partial charge in [0.1, 0.15) is 0 Å². The summed E-state index contributed by atoms with van der Waals surface area (Å²) in [5.41, 5.74) is 1.80. The van der Waals surface area contributed by atoms with Crippen LogP contribution in [0.25, 0.3) is 11.6 Å². The number of hydrogen-bond acceptors (Lipinski definition) is 3. The topological polar surface area (TPSA) is 43.4 Å². The number of ether oxygens (including phenoxy) is 1. The highest BCUT2D eigenvalue weighted by atomic mass is 35.5. The van der Waals surface area contributed by atoms with Crippen molar-refractivity contribution in [3.8, 4) is 0 Å². The van der Waals surface area contributed by atoms with Crippen LogP contribution in [0.5, 0.6) is 0 Å². The first-order chi connectivity index (χ1) is 10.1. The average molecular weight is 319 g/mol. The van der Waals surface area contributed by atoms with Crippen molar-refractivity contribution >= 4 is 46.8 Å². The molecular formula is C16H8Cl2O3. The van der Waals surface area contributed by atoms with Crippen LogP contribution < -0.4 is 0 Å². The van der Waals surface area contributed by atoms with E-state index in [9.17, 15) is 9.59 Å². The number of halogens is 2. The van der Waals surface area contributed by atoms with Gasteiger partial charge in [-0.2, -0.15) is 0 Å². The number of esters is 2. The minimum atomic E-state index is -0.690. The lowest BCUT2D eigenvalue weighted by atomic mass is 9.96. The van der Waals surface area contributed by atoms with Crippen molar-refractivity contribution in [3.63, 3.8) is 0 Å². The summed E-state index contributed by atoms with van der Waals surface area (Å²) in [7, 11) is 0. The second-order valence-corrected chi connectivity index (χ2v) is 5.29. The highest BCUT2D eigenvalue weighted by molar-refractivity contribution is 6.36. The molecule has 0 fully saturated rings. The number of rotatable bonds is 1. The molecule has 1 heterocycles. The van der Waals surface area contributed by atoms with Crippen LogP contribution in [-0.4, -0.2) is 11.9 Å². The van der Waals surface area contributed by atoms with E-state index in [-0.39, 0.29) is 5.57 Å². The first-order valence-electron chi connectivity index (χ1n) is 6.09. The normalized spacial score (nSPS) is 15.8. The molecule has 0 atom stereocenters. The SMILES string of the molecule is O=C1OC(=O)c2ccccc2/C1=C/c1ccc(Cl)cc1Cl. The number of hydrogen-bond donors (Lipinski definition) is 0. The second kappa shape index (κ2) is 5.35. The van der Waals surface area contributed by atoms with E-state index in [0.29, 0.717) is 26.7 Å². The van der Waals surface area contributed by atoms with Crippen LogP contribution in [0.1, 0.15) is 21.5 Å². The summed E-state index contributed by atoms with van der Waals surface area (Å²) in [5, 5.41) is 0.918. The van der Waals surface area contributed by atoms with Gasteiger partial charge < -0.3 is 4.74 Å². The molecule has 0 aliphatic carbocycles. The van der Waals surface area contributed by atoms with Gasteiger partial charge in [-0.05, 0) is 29.8 Å². The Hall–Kier alpha value is -2.10. The zero-order chi connectivity index (χ0) is 15.0. The van der Waals surface area contributed by atoms with E-state index in [1.807, 2.05) is 0 Å². The molecule has 0 saturated carbocycles. The van der Waals surface area contributed by atoms with E-state index in [0.717, 1.165) is 0 Å².